The van der Waals surface area contributed by atoms with Gasteiger partial charge in [-0.15, -0.1) is 0 Å². The molecule has 1 heterocycles. The molecule has 0 radical (unpaired) electrons. The van der Waals surface area contributed by atoms with Gasteiger partial charge in [-0.1, -0.05) is 27.2 Å². The van der Waals surface area contributed by atoms with Crippen LogP contribution in [-0.2, 0) is 4.74 Å². The van der Waals surface area contributed by atoms with E-state index in [1.54, 1.807) is 0 Å². The van der Waals surface area contributed by atoms with E-state index < -0.39 is 0 Å². The number of hydrogen-bond acceptors (Lipinski definition) is 2. The Morgan fingerprint density at radius 3 is 2.69 bits per heavy atom. The summed E-state index contributed by atoms with van der Waals surface area (Å²) >= 11 is 0. The van der Waals surface area contributed by atoms with Crippen LogP contribution in [0.2, 0.25) is 0 Å². The van der Waals surface area contributed by atoms with Crippen molar-refractivity contribution in [2.24, 2.45) is 11.8 Å². The average Bonchev–Trinajstić information content (AvgIpc) is 2.51. The molecule has 4 atom stereocenters. The maximum Gasteiger partial charge on any atom is 0.0860 e. The Bertz CT molecular complexity index is 147. The van der Waals surface area contributed by atoms with Gasteiger partial charge < -0.3 is 9.84 Å². The van der Waals surface area contributed by atoms with Gasteiger partial charge in [-0.2, -0.15) is 0 Å². The van der Waals surface area contributed by atoms with Gasteiger partial charge in [0.1, 0.15) is 0 Å². The molecule has 0 aromatic rings. The average molecular weight is 186 g/mol. The summed E-state index contributed by atoms with van der Waals surface area (Å²) in [6.07, 6.45) is 2.95. The number of aliphatic hydroxyl groups is 1. The van der Waals surface area contributed by atoms with Crippen LogP contribution in [0.1, 0.15) is 40.0 Å². The molecule has 13 heavy (non-hydrogen) atoms. The highest BCUT2D eigenvalue weighted by Crippen LogP contribution is 2.26. The van der Waals surface area contributed by atoms with E-state index in [4.69, 9.17) is 4.74 Å². The zero-order valence-corrected chi connectivity index (χ0v) is 8.99. The zero-order valence-electron chi connectivity index (χ0n) is 8.99. The minimum atomic E-state index is -0.257. The quantitative estimate of drug-likeness (QED) is 0.729. The SMILES string of the molecule is CCC(C)CC(O)C1OCCC1C. The lowest BCUT2D eigenvalue weighted by Crippen LogP contribution is -2.31. The molecule has 4 unspecified atom stereocenters. The van der Waals surface area contributed by atoms with Crippen LogP contribution in [0.4, 0.5) is 0 Å². The van der Waals surface area contributed by atoms with E-state index in [0.29, 0.717) is 11.8 Å². The third kappa shape index (κ3) is 2.96. The minimum Gasteiger partial charge on any atom is -0.390 e. The molecular weight excluding hydrogens is 164 g/mol. The van der Waals surface area contributed by atoms with E-state index in [1.807, 2.05) is 0 Å². The van der Waals surface area contributed by atoms with Crippen LogP contribution in [0.3, 0.4) is 0 Å². The first-order valence-electron chi connectivity index (χ1n) is 5.44. The lowest BCUT2D eigenvalue weighted by molar-refractivity contribution is -0.0264. The molecule has 0 saturated carbocycles. The van der Waals surface area contributed by atoms with Crippen LogP contribution in [0.25, 0.3) is 0 Å². The van der Waals surface area contributed by atoms with E-state index in [-0.39, 0.29) is 12.2 Å². The van der Waals surface area contributed by atoms with Crippen molar-refractivity contribution < 1.29 is 9.84 Å². The Labute approximate surface area is 81.3 Å². The van der Waals surface area contributed by atoms with Gasteiger partial charge in [-0.3, -0.25) is 0 Å². The molecule has 1 aliphatic rings. The highest BCUT2D eigenvalue weighted by Gasteiger charge is 2.31. The molecule has 1 saturated heterocycles. The van der Waals surface area contributed by atoms with E-state index >= 15 is 0 Å². The second-order valence-corrected chi connectivity index (χ2v) is 4.42. The summed E-state index contributed by atoms with van der Waals surface area (Å²) in [4.78, 5) is 0. The summed E-state index contributed by atoms with van der Waals surface area (Å²) in [6, 6.07) is 0. The lowest BCUT2D eigenvalue weighted by atomic mass is 9.92. The van der Waals surface area contributed by atoms with E-state index in [0.717, 1.165) is 25.9 Å². The van der Waals surface area contributed by atoms with Crippen molar-refractivity contribution in [1.29, 1.82) is 0 Å². The molecule has 0 aromatic heterocycles. The van der Waals surface area contributed by atoms with E-state index in [1.165, 1.54) is 0 Å². The van der Waals surface area contributed by atoms with Gasteiger partial charge in [0.15, 0.2) is 0 Å². The predicted octanol–water partition coefficient (Wildman–Crippen LogP) is 2.21. The maximum atomic E-state index is 9.90. The molecule has 0 amide bonds. The van der Waals surface area contributed by atoms with Crippen LogP contribution in [-0.4, -0.2) is 23.9 Å². The predicted molar refractivity (Wildman–Crippen MR) is 53.6 cm³/mol. The van der Waals surface area contributed by atoms with Gasteiger partial charge in [-0.25, -0.2) is 0 Å². The molecule has 1 aliphatic heterocycles. The van der Waals surface area contributed by atoms with Gasteiger partial charge >= 0.3 is 0 Å². The molecule has 2 heteroatoms. The monoisotopic (exact) mass is 186 g/mol. The molecule has 78 valence electrons. The fourth-order valence-electron chi connectivity index (χ4n) is 1.92. The Balaban J connectivity index is 2.33. The summed E-state index contributed by atoms with van der Waals surface area (Å²) < 4.78 is 5.52. The molecule has 0 spiro atoms. The Morgan fingerprint density at radius 2 is 2.23 bits per heavy atom. The minimum absolute atomic E-state index is 0.0917. The standard InChI is InChI=1S/C11H22O2/c1-4-8(2)7-10(12)11-9(3)5-6-13-11/h8-12H,4-7H2,1-3H3. The van der Waals surface area contributed by atoms with Crippen molar-refractivity contribution >= 4 is 0 Å². The van der Waals surface area contributed by atoms with Gasteiger partial charge in [0, 0.05) is 6.61 Å². The number of rotatable bonds is 4. The van der Waals surface area contributed by atoms with Crippen molar-refractivity contribution in [3.05, 3.63) is 0 Å². The summed E-state index contributed by atoms with van der Waals surface area (Å²) in [5, 5.41) is 9.90. The molecule has 0 aromatic carbocycles. The Hall–Kier alpha value is -0.0800. The lowest BCUT2D eigenvalue weighted by Gasteiger charge is -2.23. The summed E-state index contributed by atoms with van der Waals surface area (Å²) in [7, 11) is 0. The first kappa shape index (κ1) is 11.0. The molecule has 0 aliphatic carbocycles. The first-order valence-corrected chi connectivity index (χ1v) is 5.44. The third-order valence-corrected chi connectivity index (χ3v) is 3.16. The van der Waals surface area contributed by atoms with Crippen molar-refractivity contribution in [3.63, 3.8) is 0 Å². The number of aliphatic hydroxyl groups excluding tert-OH is 1. The summed E-state index contributed by atoms with van der Waals surface area (Å²) in [5.41, 5.74) is 0. The van der Waals surface area contributed by atoms with Crippen LogP contribution in [0.5, 0.6) is 0 Å². The van der Waals surface area contributed by atoms with Crippen molar-refractivity contribution in [1.82, 2.24) is 0 Å². The molecule has 1 fully saturated rings. The molecule has 0 bridgehead atoms. The van der Waals surface area contributed by atoms with Gasteiger partial charge in [0.2, 0.25) is 0 Å². The Morgan fingerprint density at radius 1 is 1.54 bits per heavy atom. The van der Waals surface area contributed by atoms with Crippen molar-refractivity contribution in [3.8, 4) is 0 Å². The molecular formula is C11H22O2. The van der Waals surface area contributed by atoms with Gasteiger partial charge in [0.05, 0.1) is 12.2 Å². The maximum absolute atomic E-state index is 9.90. The van der Waals surface area contributed by atoms with E-state index in [2.05, 4.69) is 20.8 Å². The van der Waals surface area contributed by atoms with Crippen LogP contribution < -0.4 is 0 Å². The van der Waals surface area contributed by atoms with Crippen LogP contribution in [0, 0.1) is 11.8 Å². The number of hydrogen-bond donors (Lipinski definition) is 1. The second-order valence-electron chi connectivity index (χ2n) is 4.42. The summed E-state index contributed by atoms with van der Waals surface area (Å²) in [6.45, 7) is 7.33. The Kier molecular flexibility index (Phi) is 4.20. The fourth-order valence-corrected chi connectivity index (χ4v) is 1.92. The van der Waals surface area contributed by atoms with E-state index in [9.17, 15) is 5.11 Å². The third-order valence-electron chi connectivity index (χ3n) is 3.16. The van der Waals surface area contributed by atoms with Crippen LogP contribution in [0.15, 0.2) is 0 Å². The van der Waals surface area contributed by atoms with Crippen molar-refractivity contribution in [2.45, 2.75) is 52.2 Å². The summed E-state index contributed by atoms with van der Waals surface area (Å²) in [5.74, 6) is 1.13. The fraction of sp³-hybridized carbons (Fsp3) is 1.00. The normalized spacial score (nSPS) is 33.2. The molecule has 2 nitrogen and oxygen atoms in total. The second kappa shape index (κ2) is 4.97. The first-order chi connectivity index (χ1) is 6.15. The smallest absolute Gasteiger partial charge is 0.0860 e. The highest BCUT2D eigenvalue weighted by atomic mass is 16.5. The molecule has 1 rings (SSSR count). The van der Waals surface area contributed by atoms with Crippen LogP contribution >= 0.6 is 0 Å². The largest absolute Gasteiger partial charge is 0.390 e. The topological polar surface area (TPSA) is 29.5 Å². The van der Waals surface area contributed by atoms with Gasteiger partial charge in [-0.05, 0) is 24.7 Å². The van der Waals surface area contributed by atoms with Crippen molar-refractivity contribution in [2.75, 3.05) is 6.61 Å². The molecule has 1 N–H and O–H groups in total. The van der Waals surface area contributed by atoms with Gasteiger partial charge in [0.25, 0.3) is 0 Å². The highest BCUT2D eigenvalue weighted by molar-refractivity contribution is 4.80. The number of ether oxygens (including phenoxy) is 1. The zero-order chi connectivity index (χ0) is 9.84.